The van der Waals surface area contributed by atoms with Gasteiger partial charge in [0.25, 0.3) is 0 Å². The van der Waals surface area contributed by atoms with Gasteiger partial charge in [-0.2, -0.15) is 0 Å². The lowest BCUT2D eigenvalue weighted by molar-refractivity contribution is 1.63. The lowest BCUT2D eigenvalue weighted by Crippen LogP contribution is -1.91. The van der Waals surface area contributed by atoms with Gasteiger partial charge < -0.3 is 0 Å². The van der Waals surface area contributed by atoms with E-state index in [1.165, 1.54) is 130 Å². The zero-order valence-corrected chi connectivity index (χ0v) is 35.2. The minimum atomic E-state index is 1.22. The van der Waals surface area contributed by atoms with Crippen molar-refractivity contribution in [2.75, 3.05) is 0 Å². The van der Waals surface area contributed by atoms with Gasteiger partial charge in [0, 0.05) is 25.7 Å². The van der Waals surface area contributed by atoms with Gasteiger partial charge >= 0.3 is 0 Å². The second-order valence-corrected chi connectivity index (χ2v) is 17.7. The van der Waals surface area contributed by atoms with Crippen molar-refractivity contribution in [3.8, 4) is 55.6 Å². The van der Waals surface area contributed by atoms with Crippen LogP contribution in [0.1, 0.15) is 0 Å². The molecule has 0 amide bonds. The van der Waals surface area contributed by atoms with E-state index in [0.29, 0.717) is 0 Å². The van der Waals surface area contributed by atoms with E-state index >= 15 is 0 Å². The minimum absolute atomic E-state index is 1.22. The highest BCUT2D eigenvalue weighted by molar-refractivity contribution is 7.26. The number of benzene rings is 12. The Hall–Kier alpha value is -7.84. The van der Waals surface area contributed by atoms with E-state index in [9.17, 15) is 0 Å². The highest BCUT2D eigenvalue weighted by atomic mass is 32.1. The number of hydrogen-bond donors (Lipinski definition) is 0. The SMILES string of the molecule is c1ccc(-c2c3ccccc3c(-c3cccc4c3sc3cc(-c5c6ccccc6c(-c6ccc(-c7cccc8ccccc78)cc6)c6ccccc56)ccc34)c3ccccc23)cc1. The molecule has 292 valence electrons. The molecule has 1 heterocycles. The van der Waals surface area contributed by atoms with Gasteiger partial charge in [-0.05, 0) is 110 Å². The van der Waals surface area contributed by atoms with Crippen molar-refractivity contribution in [3.05, 3.63) is 231 Å². The van der Waals surface area contributed by atoms with E-state index in [0.717, 1.165) is 0 Å². The first-order valence-corrected chi connectivity index (χ1v) is 22.6. The first-order chi connectivity index (χ1) is 31.3. The smallest absolute Gasteiger partial charge is 0.0434 e. The Morgan fingerprint density at radius 3 is 1.21 bits per heavy atom. The van der Waals surface area contributed by atoms with E-state index < -0.39 is 0 Å². The Labute approximate surface area is 369 Å². The summed E-state index contributed by atoms with van der Waals surface area (Å²) in [5, 5.41) is 15.3. The van der Waals surface area contributed by atoms with Gasteiger partial charge in [-0.3, -0.25) is 0 Å². The van der Waals surface area contributed by atoms with Gasteiger partial charge in [0.05, 0.1) is 0 Å². The van der Waals surface area contributed by atoms with Crippen molar-refractivity contribution in [1.29, 1.82) is 0 Å². The summed E-state index contributed by atoms with van der Waals surface area (Å²) in [6.45, 7) is 0. The van der Waals surface area contributed by atoms with Crippen LogP contribution in [0.4, 0.5) is 0 Å². The summed E-state index contributed by atoms with van der Waals surface area (Å²) in [4.78, 5) is 0. The summed E-state index contributed by atoms with van der Waals surface area (Å²) >= 11 is 1.92. The molecule has 13 rings (SSSR count). The molecule has 0 saturated heterocycles. The fraction of sp³-hybridized carbons (Fsp3) is 0. The van der Waals surface area contributed by atoms with Crippen molar-refractivity contribution in [2.24, 2.45) is 0 Å². The lowest BCUT2D eigenvalue weighted by Gasteiger charge is -2.18. The van der Waals surface area contributed by atoms with Crippen LogP contribution >= 0.6 is 11.3 Å². The second kappa shape index (κ2) is 14.4. The third-order valence-corrected chi connectivity index (χ3v) is 14.5. The number of fused-ring (bicyclic) bond motifs is 8. The van der Waals surface area contributed by atoms with Crippen molar-refractivity contribution in [2.45, 2.75) is 0 Å². The molecule has 0 spiro atoms. The summed E-state index contributed by atoms with van der Waals surface area (Å²) in [6, 6.07) is 85.3. The second-order valence-electron chi connectivity index (χ2n) is 16.6. The molecule has 0 bridgehead atoms. The minimum Gasteiger partial charge on any atom is -0.135 e. The summed E-state index contributed by atoms with van der Waals surface area (Å²) in [5.74, 6) is 0. The van der Waals surface area contributed by atoms with Crippen molar-refractivity contribution in [3.63, 3.8) is 0 Å². The molecule has 0 aliphatic rings. The quantitative estimate of drug-likeness (QED) is 0.152. The Bertz CT molecular complexity index is 3830. The third-order valence-electron chi connectivity index (χ3n) is 13.3. The summed E-state index contributed by atoms with van der Waals surface area (Å²) < 4.78 is 2.62. The molecule has 0 unspecified atom stereocenters. The number of rotatable bonds is 5. The monoisotopic (exact) mass is 814 g/mol. The van der Waals surface area contributed by atoms with Gasteiger partial charge in [0.15, 0.2) is 0 Å². The zero-order chi connectivity index (χ0) is 41.4. The van der Waals surface area contributed by atoms with E-state index in [1.807, 2.05) is 11.3 Å². The fourth-order valence-electron chi connectivity index (χ4n) is 10.5. The molecule has 63 heavy (non-hydrogen) atoms. The normalized spacial score (nSPS) is 11.8. The van der Waals surface area contributed by atoms with E-state index in [1.54, 1.807) is 0 Å². The maximum Gasteiger partial charge on any atom is 0.0434 e. The van der Waals surface area contributed by atoms with Gasteiger partial charge in [0.1, 0.15) is 0 Å². The van der Waals surface area contributed by atoms with Crippen LogP contribution in [0.5, 0.6) is 0 Å². The maximum absolute atomic E-state index is 2.45. The zero-order valence-electron chi connectivity index (χ0n) is 34.3. The van der Waals surface area contributed by atoms with Gasteiger partial charge in [-0.15, -0.1) is 11.3 Å². The van der Waals surface area contributed by atoms with Crippen LogP contribution in [0.25, 0.3) is 130 Å². The Morgan fingerprint density at radius 1 is 0.222 bits per heavy atom. The molecule has 0 nitrogen and oxygen atoms in total. The van der Waals surface area contributed by atoms with E-state index in [4.69, 9.17) is 0 Å². The molecular formula is C62H38S. The highest BCUT2D eigenvalue weighted by Crippen LogP contribution is 2.50. The Kier molecular flexibility index (Phi) is 8.19. The molecule has 0 fully saturated rings. The van der Waals surface area contributed by atoms with Gasteiger partial charge in [0.2, 0.25) is 0 Å². The number of hydrogen-bond acceptors (Lipinski definition) is 1. The van der Waals surface area contributed by atoms with Crippen molar-refractivity contribution < 1.29 is 0 Å². The average Bonchev–Trinajstić information content (AvgIpc) is 3.73. The molecular weight excluding hydrogens is 777 g/mol. The maximum atomic E-state index is 2.45. The lowest BCUT2D eigenvalue weighted by atomic mass is 9.85. The van der Waals surface area contributed by atoms with Crippen LogP contribution in [0, 0.1) is 0 Å². The van der Waals surface area contributed by atoms with Crippen LogP contribution < -0.4 is 0 Å². The molecule has 0 saturated carbocycles. The van der Waals surface area contributed by atoms with Crippen LogP contribution in [-0.2, 0) is 0 Å². The first-order valence-electron chi connectivity index (χ1n) is 21.8. The van der Waals surface area contributed by atoms with Gasteiger partial charge in [-0.1, -0.05) is 224 Å². The highest BCUT2D eigenvalue weighted by Gasteiger charge is 2.21. The molecule has 13 aromatic rings. The Morgan fingerprint density at radius 2 is 0.619 bits per heavy atom. The topological polar surface area (TPSA) is 0 Å². The fourth-order valence-corrected chi connectivity index (χ4v) is 11.8. The molecule has 12 aromatic carbocycles. The first kappa shape index (κ1) is 35.9. The van der Waals surface area contributed by atoms with E-state index in [2.05, 4.69) is 231 Å². The standard InChI is InChI=1S/C62H38S/c1-2-17-41(18-3-1)58-51-25-10-12-27-53(51)61(54-28-13-11-26-52(54)58)56-31-15-30-55-46-37-36-43(38-57(46)63-62(55)56)60-49-23-8-6-21-47(49)59(48-22-7-9-24-50(48)60)42-34-32-40(33-35-42)45-29-14-19-39-16-4-5-20-44(39)45/h1-38H. The van der Waals surface area contributed by atoms with Crippen LogP contribution in [0.2, 0.25) is 0 Å². The average molecular weight is 815 g/mol. The number of thiophene rings is 1. The Balaban J connectivity index is 0.992. The molecule has 0 aliphatic heterocycles. The van der Waals surface area contributed by atoms with Crippen molar-refractivity contribution in [1.82, 2.24) is 0 Å². The van der Waals surface area contributed by atoms with Crippen molar-refractivity contribution >= 4 is 85.4 Å². The van der Waals surface area contributed by atoms with Crippen LogP contribution in [0.15, 0.2) is 231 Å². The summed E-state index contributed by atoms with van der Waals surface area (Å²) in [5.41, 5.74) is 12.6. The van der Waals surface area contributed by atoms with E-state index in [-0.39, 0.29) is 0 Å². The molecule has 1 aromatic heterocycles. The molecule has 1 heteroatoms. The summed E-state index contributed by atoms with van der Waals surface area (Å²) in [7, 11) is 0. The van der Waals surface area contributed by atoms with Crippen LogP contribution in [0.3, 0.4) is 0 Å². The predicted molar refractivity (Wildman–Crippen MR) is 274 cm³/mol. The van der Waals surface area contributed by atoms with Crippen LogP contribution in [-0.4, -0.2) is 0 Å². The molecule has 0 atom stereocenters. The third kappa shape index (κ3) is 5.60. The predicted octanol–water partition coefficient (Wildman–Crippen LogP) is 18.2. The molecule has 0 radical (unpaired) electrons. The van der Waals surface area contributed by atoms with Gasteiger partial charge in [-0.25, -0.2) is 0 Å². The largest absolute Gasteiger partial charge is 0.135 e. The molecule has 0 aliphatic carbocycles. The summed E-state index contributed by atoms with van der Waals surface area (Å²) in [6.07, 6.45) is 0. The molecule has 0 N–H and O–H groups in total.